The lowest BCUT2D eigenvalue weighted by molar-refractivity contribution is -0.161. The van der Waals surface area contributed by atoms with E-state index in [0.29, 0.717) is 5.92 Å². The quantitative estimate of drug-likeness (QED) is 0.613. The third-order valence-electron chi connectivity index (χ3n) is 3.81. The van der Waals surface area contributed by atoms with Crippen molar-refractivity contribution in [1.82, 2.24) is 0 Å². The second-order valence-electron chi connectivity index (χ2n) is 4.61. The van der Waals surface area contributed by atoms with Gasteiger partial charge in [0.15, 0.2) is 0 Å². The van der Waals surface area contributed by atoms with Gasteiger partial charge in [0.1, 0.15) is 5.60 Å². The number of esters is 1. The third-order valence-corrected chi connectivity index (χ3v) is 3.81. The van der Waals surface area contributed by atoms with Gasteiger partial charge < -0.3 is 4.74 Å². The molecular weight excluding hydrogens is 164 g/mol. The van der Waals surface area contributed by atoms with Crippen LogP contribution in [-0.2, 0) is 9.53 Å². The highest BCUT2D eigenvalue weighted by atomic mass is 16.6. The molecule has 3 unspecified atom stereocenters. The van der Waals surface area contributed by atoms with Gasteiger partial charge in [0.25, 0.3) is 0 Å². The zero-order chi connectivity index (χ0) is 9.47. The monoisotopic (exact) mass is 182 g/mol. The van der Waals surface area contributed by atoms with E-state index in [4.69, 9.17) is 4.74 Å². The zero-order valence-corrected chi connectivity index (χ0v) is 8.51. The van der Waals surface area contributed by atoms with Crippen LogP contribution in [0.1, 0.15) is 46.0 Å². The van der Waals surface area contributed by atoms with Gasteiger partial charge in [-0.1, -0.05) is 6.92 Å². The Hall–Kier alpha value is -0.530. The average Bonchev–Trinajstić information content (AvgIpc) is 2.58. The van der Waals surface area contributed by atoms with Crippen molar-refractivity contribution in [1.29, 1.82) is 0 Å². The molecule has 2 fully saturated rings. The van der Waals surface area contributed by atoms with Crippen molar-refractivity contribution in [2.75, 3.05) is 0 Å². The van der Waals surface area contributed by atoms with Crippen LogP contribution in [0, 0.1) is 11.8 Å². The van der Waals surface area contributed by atoms with Gasteiger partial charge in [-0.3, -0.25) is 4.79 Å². The molecule has 2 nitrogen and oxygen atoms in total. The molecule has 0 spiro atoms. The average molecular weight is 182 g/mol. The second kappa shape index (κ2) is 3.00. The summed E-state index contributed by atoms with van der Waals surface area (Å²) in [5, 5.41) is 0. The zero-order valence-electron chi connectivity index (χ0n) is 8.51. The first-order chi connectivity index (χ1) is 6.16. The summed E-state index contributed by atoms with van der Waals surface area (Å²) in [6, 6.07) is 0. The van der Waals surface area contributed by atoms with E-state index in [1.807, 2.05) is 0 Å². The first kappa shape index (κ1) is 9.04. The molecule has 74 valence electrons. The molecule has 0 aromatic carbocycles. The summed E-state index contributed by atoms with van der Waals surface area (Å²) in [7, 11) is 0. The van der Waals surface area contributed by atoms with Crippen LogP contribution in [0.5, 0.6) is 0 Å². The Morgan fingerprint density at radius 2 is 2.38 bits per heavy atom. The Balaban J connectivity index is 2.13. The standard InChI is InChI=1S/C11H18O2/c1-3-10-6-9-4-5-11(10,7-9)13-8(2)12/h9-10H,3-7H2,1-2H3. The minimum Gasteiger partial charge on any atom is -0.459 e. The predicted octanol–water partition coefficient (Wildman–Crippen LogP) is 2.52. The van der Waals surface area contributed by atoms with Crippen molar-refractivity contribution < 1.29 is 9.53 Å². The fraction of sp³-hybridized carbons (Fsp3) is 0.909. The van der Waals surface area contributed by atoms with Crippen LogP contribution in [0.3, 0.4) is 0 Å². The maximum Gasteiger partial charge on any atom is 0.303 e. The molecule has 0 aliphatic heterocycles. The summed E-state index contributed by atoms with van der Waals surface area (Å²) >= 11 is 0. The summed E-state index contributed by atoms with van der Waals surface area (Å²) in [6.07, 6.45) is 5.94. The lowest BCUT2D eigenvalue weighted by atomic mass is 9.83. The minimum absolute atomic E-state index is 0.0503. The fourth-order valence-corrected chi connectivity index (χ4v) is 3.33. The van der Waals surface area contributed by atoms with Gasteiger partial charge in [-0.2, -0.15) is 0 Å². The molecule has 0 amide bonds. The first-order valence-electron chi connectivity index (χ1n) is 5.36. The van der Waals surface area contributed by atoms with Crippen LogP contribution in [0.25, 0.3) is 0 Å². The van der Waals surface area contributed by atoms with Crippen LogP contribution in [0.15, 0.2) is 0 Å². The van der Waals surface area contributed by atoms with E-state index in [-0.39, 0.29) is 11.6 Å². The van der Waals surface area contributed by atoms with Crippen LogP contribution in [-0.4, -0.2) is 11.6 Å². The van der Waals surface area contributed by atoms with E-state index < -0.39 is 0 Å². The van der Waals surface area contributed by atoms with E-state index in [9.17, 15) is 4.79 Å². The lowest BCUT2D eigenvalue weighted by Gasteiger charge is -2.33. The maximum atomic E-state index is 11.0. The lowest BCUT2D eigenvalue weighted by Crippen LogP contribution is -2.37. The molecule has 0 aromatic heterocycles. The normalized spacial score (nSPS) is 42.3. The SMILES string of the molecule is CCC1CC2CCC1(OC(C)=O)C2. The van der Waals surface area contributed by atoms with E-state index in [1.54, 1.807) is 0 Å². The molecule has 2 aliphatic carbocycles. The Kier molecular flexibility index (Phi) is 2.09. The van der Waals surface area contributed by atoms with Gasteiger partial charge in [-0.25, -0.2) is 0 Å². The van der Waals surface area contributed by atoms with Crippen molar-refractivity contribution in [3.8, 4) is 0 Å². The van der Waals surface area contributed by atoms with Gasteiger partial charge in [-0.05, 0) is 43.9 Å². The number of rotatable bonds is 2. The van der Waals surface area contributed by atoms with Gasteiger partial charge in [0.05, 0.1) is 0 Å². The smallest absolute Gasteiger partial charge is 0.303 e. The van der Waals surface area contributed by atoms with Gasteiger partial charge >= 0.3 is 5.97 Å². The Labute approximate surface area is 79.7 Å². The molecule has 2 rings (SSSR count). The van der Waals surface area contributed by atoms with Gasteiger partial charge in [0.2, 0.25) is 0 Å². The highest BCUT2D eigenvalue weighted by molar-refractivity contribution is 5.66. The number of carbonyl (C=O) groups is 1. The van der Waals surface area contributed by atoms with Crippen molar-refractivity contribution in [2.45, 2.75) is 51.6 Å². The topological polar surface area (TPSA) is 26.3 Å². The largest absolute Gasteiger partial charge is 0.459 e. The van der Waals surface area contributed by atoms with Crippen LogP contribution >= 0.6 is 0 Å². The summed E-state index contributed by atoms with van der Waals surface area (Å²) < 4.78 is 5.55. The molecular formula is C11H18O2. The Morgan fingerprint density at radius 1 is 1.62 bits per heavy atom. The van der Waals surface area contributed by atoms with Crippen LogP contribution in [0.2, 0.25) is 0 Å². The van der Waals surface area contributed by atoms with E-state index in [2.05, 4.69) is 6.92 Å². The molecule has 3 atom stereocenters. The Bertz CT molecular complexity index is 224. The minimum atomic E-state index is -0.0963. The summed E-state index contributed by atoms with van der Waals surface area (Å²) in [5.41, 5.74) is -0.0503. The van der Waals surface area contributed by atoms with Gasteiger partial charge in [-0.15, -0.1) is 0 Å². The molecule has 2 aliphatic rings. The van der Waals surface area contributed by atoms with E-state index >= 15 is 0 Å². The molecule has 0 N–H and O–H groups in total. The molecule has 0 aromatic rings. The van der Waals surface area contributed by atoms with E-state index in [0.717, 1.165) is 25.2 Å². The number of fused-ring (bicyclic) bond motifs is 2. The molecule has 0 radical (unpaired) electrons. The summed E-state index contributed by atoms with van der Waals surface area (Å²) in [6.45, 7) is 3.74. The number of hydrogen-bond donors (Lipinski definition) is 0. The van der Waals surface area contributed by atoms with Crippen molar-refractivity contribution in [3.05, 3.63) is 0 Å². The molecule has 2 bridgehead atoms. The van der Waals surface area contributed by atoms with Crippen LogP contribution < -0.4 is 0 Å². The predicted molar refractivity (Wildman–Crippen MR) is 50.2 cm³/mol. The highest BCUT2D eigenvalue weighted by Gasteiger charge is 2.53. The van der Waals surface area contributed by atoms with Crippen molar-refractivity contribution in [2.24, 2.45) is 11.8 Å². The van der Waals surface area contributed by atoms with E-state index in [1.165, 1.54) is 19.8 Å². The second-order valence-corrected chi connectivity index (χ2v) is 4.61. The number of ether oxygens (including phenoxy) is 1. The fourth-order valence-electron chi connectivity index (χ4n) is 3.33. The Morgan fingerprint density at radius 3 is 2.92 bits per heavy atom. The van der Waals surface area contributed by atoms with Crippen molar-refractivity contribution in [3.63, 3.8) is 0 Å². The molecule has 0 heterocycles. The van der Waals surface area contributed by atoms with Crippen molar-refractivity contribution >= 4 is 5.97 Å². The summed E-state index contributed by atoms with van der Waals surface area (Å²) in [5.74, 6) is 1.38. The third kappa shape index (κ3) is 1.36. The molecule has 0 saturated heterocycles. The highest BCUT2D eigenvalue weighted by Crippen LogP contribution is 2.54. The molecule has 2 saturated carbocycles. The molecule has 2 heteroatoms. The number of hydrogen-bond acceptors (Lipinski definition) is 2. The van der Waals surface area contributed by atoms with Crippen LogP contribution in [0.4, 0.5) is 0 Å². The first-order valence-corrected chi connectivity index (χ1v) is 5.36. The summed E-state index contributed by atoms with van der Waals surface area (Å²) in [4.78, 5) is 11.0. The molecule has 13 heavy (non-hydrogen) atoms. The maximum absolute atomic E-state index is 11.0. The van der Waals surface area contributed by atoms with Gasteiger partial charge in [0, 0.05) is 6.92 Å². The number of carbonyl (C=O) groups excluding carboxylic acids is 1.